The number of benzene rings is 1. The van der Waals surface area contributed by atoms with E-state index in [4.69, 9.17) is 0 Å². The highest BCUT2D eigenvalue weighted by molar-refractivity contribution is 7.15. The van der Waals surface area contributed by atoms with E-state index in [9.17, 15) is 4.39 Å². The molecule has 2 rings (SSSR count). The number of aryl methyl sites for hydroxylation is 1. The Morgan fingerprint density at radius 3 is 2.81 bits per heavy atom. The minimum atomic E-state index is -0.142. The Morgan fingerprint density at radius 1 is 1.31 bits per heavy atom. The van der Waals surface area contributed by atoms with Crippen LogP contribution in [0.2, 0.25) is 0 Å². The van der Waals surface area contributed by atoms with Gasteiger partial charge in [0.15, 0.2) is 0 Å². The van der Waals surface area contributed by atoms with E-state index in [1.165, 1.54) is 4.88 Å². The van der Waals surface area contributed by atoms with Crippen LogP contribution in [0.3, 0.4) is 0 Å². The second-order valence-corrected chi connectivity index (χ2v) is 4.89. The highest BCUT2D eigenvalue weighted by Gasteiger charge is 2.04. The molecule has 1 aromatic carbocycles. The first-order valence-corrected chi connectivity index (χ1v) is 5.98. The monoisotopic (exact) mass is 232 g/mol. The van der Waals surface area contributed by atoms with Crippen LogP contribution in [0, 0.1) is 12.7 Å². The lowest BCUT2D eigenvalue weighted by atomic mass is 10.1. The van der Waals surface area contributed by atoms with Gasteiger partial charge in [-0.15, -0.1) is 17.9 Å². The lowest BCUT2D eigenvalue weighted by Crippen LogP contribution is -1.82. The SMILES string of the molecule is C=CCc1ccc(-c2ccc(C)c(F)c2)s1. The molecule has 0 amide bonds. The van der Waals surface area contributed by atoms with Crippen molar-refractivity contribution in [2.75, 3.05) is 0 Å². The van der Waals surface area contributed by atoms with E-state index in [-0.39, 0.29) is 5.82 Å². The van der Waals surface area contributed by atoms with Crippen molar-refractivity contribution in [3.63, 3.8) is 0 Å². The molecule has 0 spiro atoms. The second-order valence-electron chi connectivity index (χ2n) is 3.72. The van der Waals surface area contributed by atoms with Gasteiger partial charge in [0.2, 0.25) is 0 Å². The Morgan fingerprint density at radius 2 is 2.12 bits per heavy atom. The average molecular weight is 232 g/mol. The fraction of sp³-hybridized carbons (Fsp3) is 0.143. The third kappa shape index (κ3) is 2.22. The van der Waals surface area contributed by atoms with Crippen LogP contribution >= 0.6 is 11.3 Å². The van der Waals surface area contributed by atoms with Gasteiger partial charge in [-0.25, -0.2) is 4.39 Å². The van der Waals surface area contributed by atoms with E-state index in [0.29, 0.717) is 5.56 Å². The standard InChI is InChI=1S/C14H13FS/c1-3-4-12-7-8-14(16-12)11-6-5-10(2)13(15)9-11/h3,5-9H,1,4H2,2H3. The quantitative estimate of drug-likeness (QED) is 0.679. The van der Waals surface area contributed by atoms with Crippen LogP contribution in [0.5, 0.6) is 0 Å². The van der Waals surface area contributed by atoms with Crippen LogP contribution in [0.4, 0.5) is 4.39 Å². The van der Waals surface area contributed by atoms with Crippen molar-refractivity contribution in [2.45, 2.75) is 13.3 Å². The molecule has 82 valence electrons. The van der Waals surface area contributed by atoms with Crippen molar-refractivity contribution in [2.24, 2.45) is 0 Å². The summed E-state index contributed by atoms with van der Waals surface area (Å²) in [6.07, 6.45) is 2.75. The number of rotatable bonds is 3. The molecule has 0 N–H and O–H groups in total. The molecule has 1 aromatic heterocycles. The molecule has 0 nitrogen and oxygen atoms in total. The number of halogens is 1. The first-order chi connectivity index (χ1) is 7.70. The van der Waals surface area contributed by atoms with Gasteiger partial charge >= 0.3 is 0 Å². The summed E-state index contributed by atoms with van der Waals surface area (Å²) in [5.41, 5.74) is 1.63. The third-order valence-electron chi connectivity index (χ3n) is 2.46. The zero-order valence-electron chi connectivity index (χ0n) is 9.16. The zero-order chi connectivity index (χ0) is 11.5. The summed E-state index contributed by atoms with van der Waals surface area (Å²) in [6, 6.07) is 9.48. The molecule has 0 unspecified atom stereocenters. The van der Waals surface area contributed by atoms with Crippen molar-refractivity contribution in [3.8, 4) is 10.4 Å². The number of allylic oxidation sites excluding steroid dienone is 1. The van der Waals surface area contributed by atoms with E-state index in [1.807, 2.05) is 24.3 Å². The Hall–Kier alpha value is -1.41. The van der Waals surface area contributed by atoms with Crippen molar-refractivity contribution in [1.82, 2.24) is 0 Å². The van der Waals surface area contributed by atoms with E-state index < -0.39 is 0 Å². The van der Waals surface area contributed by atoms with Crippen molar-refractivity contribution < 1.29 is 4.39 Å². The minimum Gasteiger partial charge on any atom is -0.207 e. The minimum absolute atomic E-state index is 0.142. The van der Waals surface area contributed by atoms with E-state index >= 15 is 0 Å². The van der Waals surface area contributed by atoms with Crippen molar-refractivity contribution >= 4 is 11.3 Å². The van der Waals surface area contributed by atoms with Gasteiger partial charge in [0.1, 0.15) is 5.82 Å². The molecule has 0 radical (unpaired) electrons. The average Bonchev–Trinajstić information content (AvgIpc) is 2.71. The fourth-order valence-corrected chi connectivity index (χ4v) is 2.53. The van der Waals surface area contributed by atoms with E-state index in [1.54, 1.807) is 24.3 Å². The maximum Gasteiger partial charge on any atom is 0.126 e. The third-order valence-corrected chi connectivity index (χ3v) is 3.62. The van der Waals surface area contributed by atoms with E-state index in [0.717, 1.165) is 16.9 Å². The first kappa shape index (κ1) is 11.1. The lowest BCUT2D eigenvalue weighted by molar-refractivity contribution is 0.619. The van der Waals surface area contributed by atoms with Gasteiger partial charge in [0.05, 0.1) is 0 Å². The van der Waals surface area contributed by atoms with Gasteiger partial charge in [0.25, 0.3) is 0 Å². The summed E-state index contributed by atoms with van der Waals surface area (Å²) in [7, 11) is 0. The Labute approximate surface area is 99.1 Å². The molecule has 0 atom stereocenters. The fourth-order valence-electron chi connectivity index (χ4n) is 1.53. The predicted octanol–water partition coefficient (Wildman–Crippen LogP) is 4.59. The number of hydrogen-bond acceptors (Lipinski definition) is 1. The molecule has 0 aliphatic rings. The van der Waals surface area contributed by atoms with E-state index in [2.05, 4.69) is 12.6 Å². The van der Waals surface area contributed by atoms with Gasteiger partial charge in [-0.3, -0.25) is 0 Å². The first-order valence-electron chi connectivity index (χ1n) is 5.17. The maximum absolute atomic E-state index is 13.4. The van der Waals surface area contributed by atoms with Crippen LogP contribution in [-0.4, -0.2) is 0 Å². The largest absolute Gasteiger partial charge is 0.207 e. The van der Waals surface area contributed by atoms with Gasteiger partial charge in [-0.1, -0.05) is 18.2 Å². The van der Waals surface area contributed by atoms with Crippen LogP contribution in [0.1, 0.15) is 10.4 Å². The predicted molar refractivity (Wildman–Crippen MR) is 68.4 cm³/mol. The summed E-state index contributed by atoms with van der Waals surface area (Å²) in [5, 5.41) is 0. The maximum atomic E-state index is 13.4. The molecule has 0 saturated carbocycles. The molecule has 2 heteroatoms. The smallest absolute Gasteiger partial charge is 0.126 e. The Balaban J connectivity index is 2.34. The van der Waals surface area contributed by atoms with Gasteiger partial charge in [-0.05, 0) is 42.7 Å². The lowest BCUT2D eigenvalue weighted by Gasteiger charge is -2.00. The summed E-state index contributed by atoms with van der Waals surface area (Å²) < 4.78 is 13.4. The highest BCUT2D eigenvalue weighted by Crippen LogP contribution is 2.29. The number of thiophene rings is 1. The van der Waals surface area contributed by atoms with Gasteiger partial charge in [-0.2, -0.15) is 0 Å². The molecular weight excluding hydrogens is 219 g/mol. The molecule has 16 heavy (non-hydrogen) atoms. The Kier molecular flexibility index (Phi) is 3.20. The van der Waals surface area contributed by atoms with Crippen LogP contribution in [-0.2, 0) is 6.42 Å². The molecule has 0 fully saturated rings. The summed E-state index contributed by atoms with van der Waals surface area (Å²) in [5.74, 6) is -0.142. The molecule has 0 aliphatic heterocycles. The molecule has 0 aliphatic carbocycles. The van der Waals surface area contributed by atoms with Gasteiger partial charge in [0, 0.05) is 9.75 Å². The van der Waals surface area contributed by atoms with Crippen molar-refractivity contribution in [3.05, 3.63) is 59.2 Å². The highest BCUT2D eigenvalue weighted by atomic mass is 32.1. The van der Waals surface area contributed by atoms with Gasteiger partial charge < -0.3 is 0 Å². The molecular formula is C14H13FS. The normalized spacial score (nSPS) is 10.4. The van der Waals surface area contributed by atoms with Crippen LogP contribution in [0.15, 0.2) is 43.0 Å². The summed E-state index contributed by atoms with van der Waals surface area (Å²) in [6.45, 7) is 5.48. The molecule has 0 saturated heterocycles. The second kappa shape index (κ2) is 4.62. The molecule has 0 bridgehead atoms. The molecule has 2 aromatic rings. The topological polar surface area (TPSA) is 0 Å². The van der Waals surface area contributed by atoms with Crippen LogP contribution in [0.25, 0.3) is 10.4 Å². The Bertz CT molecular complexity index is 511. The number of hydrogen-bond donors (Lipinski definition) is 0. The summed E-state index contributed by atoms with van der Waals surface area (Å²) in [4.78, 5) is 2.36. The summed E-state index contributed by atoms with van der Waals surface area (Å²) >= 11 is 1.69. The molecule has 1 heterocycles. The van der Waals surface area contributed by atoms with Crippen LogP contribution < -0.4 is 0 Å². The zero-order valence-corrected chi connectivity index (χ0v) is 9.98. The van der Waals surface area contributed by atoms with Crippen molar-refractivity contribution in [1.29, 1.82) is 0 Å².